The summed E-state index contributed by atoms with van der Waals surface area (Å²) in [5.74, 6) is 0.236. The summed E-state index contributed by atoms with van der Waals surface area (Å²) in [5, 5.41) is 3.59. The largest absolute Gasteiger partial charge is 0.467 e. The molecule has 2 aromatic heterocycles. The van der Waals surface area contributed by atoms with E-state index in [1.807, 2.05) is 45.0 Å². The highest BCUT2D eigenvalue weighted by Crippen LogP contribution is 2.38. The van der Waals surface area contributed by atoms with Crippen LogP contribution in [-0.4, -0.2) is 30.6 Å². The third kappa shape index (κ3) is 3.93. The zero-order valence-corrected chi connectivity index (χ0v) is 18.0. The first-order chi connectivity index (χ1) is 14.4. The lowest BCUT2D eigenvalue weighted by Gasteiger charge is -2.20. The molecule has 6 nitrogen and oxygen atoms in total. The van der Waals surface area contributed by atoms with Crippen LogP contribution < -0.4 is 10.2 Å². The van der Waals surface area contributed by atoms with Crippen LogP contribution in [0.15, 0.2) is 52.1 Å². The Labute approximate surface area is 179 Å². The number of aryl methyl sites for hydroxylation is 2. The van der Waals surface area contributed by atoms with E-state index in [-0.39, 0.29) is 31.4 Å². The molecule has 1 aliphatic rings. The first-order valence-electron chi connectivity index (χ1n) is 9.75. The number of aliphatic imine (C=N–C) groups is 1. The molecule has 0 aliphatic carbocycles. The van der Waals surface area contributed by atoms with E-state index in [9.17, 15) is 9.59 Å². The van der Waals surface area contributed by atoms with Gasteiger partial charge in [0.15, 0.2) is 0 Å². The second-order valence-electron chi connectivity index (χ2n) is 7.33. The molecule has 3 aromatic rings. The molecule has 0 fully saturated rings. The fourth-order valence-corrected chi connectivity index (χ4v) is 4.58. The van der Waals surface area contributed by atoms with Crippen molar-refractivity contribution in [1.82, 2.24) is 5.32 Å². The zero-order chi connectivity index (χ0) is 21.3. The molecule has 1 aliphatic heterocycles. The van der Waals surface area contributed by atoms with Gasteiger partial charge in [-0.2, -0.15) is 0 Å². The van der Waals surface area contributed by atoms with Crippen LogP contribution in [0.1, 0.15) is 32.9 Å². The molecule has 0 unspecified atom stereocenters. The monoisotopic (exact) mass is 421 g/mol. The van der Waals surface area contributed by atoms with Crippen molar-refractivity contribution in [3.05, 3.63) is 75.6 Å². The number of nitrogens with one attached hydrogen (secondary N) is 1. The molecule has 2 amide bonds. The second kappa shape index (κ2) is 8.28. The number of anilines is 1. The molecule has 1 N–H and O–H groups in total. The third-order valence-electron chi connectivity index (χ3n) is 5.19. The first-order valence-corrected chi connectivity index (χ1v) is 10.6. The van der Waals surface area contributed by atoms with E-state index in [0.717, 1.165) is 37.8 Å². The minimum absolute atomic E-state index is 0.00849. The molecule has 0 bridgehead atoms. The van der Waals surface area contributed by atoms with E-state index in [1.165, 1.54) is 11.3 Å². The smallest absolute Gasteiger partial charge is 0.249 e. The van der Waals surface area contributed by atoms with Crippen molar-refractivity contribution in [3.8, 4) is 0 Å². The summed E-state index contributed by atoms with van der Waals surface area (Å²) in [5.41, 5.74) is 4.96. The van der Waals surface area contributed by atoms with Gasteiger partial charge < -0.3 is 9.73 Å². The van der Waals surface area contributed by atoms with Gasteiger partial charge in [-0.05, 0) is 38.5 Å². The molecule has 154 valence electrons. The van der Waals surface area contributed by atoms with E-state index < -0.39 is 0 Å². The van der Waals surface area contributed by atoms with Gasteiger partial charge in [-0.15, -0.1) is 11.3 Å². The second-order valence-corrected chi connectivity index (χ2v) is 8.53. The maximum absolute atomic E-state index is 12.9. The maximum atomic E-state index is 12.9. The standard InChI is InChI=1S/C23H23N3O3S/c1-14-6-8-17(9-7-14)22-21-15(2)16(3)30-23(21)26(20(28)12-25-22)13-19(27)24-11-18-5-4-10-29-18/h4-10H,11-13H2,1-3H3,(H,24,27). The van der Waals surface area contributed by atoms with Gasteiger partial charge in [0.2, 0.25) is 11.8 Å². The molecular weight excluding hydrogens is 398 g/mol. The van der Waals surface area contributed by atoms with E-state index in [2.05, 4.69) is 10.3 Å². The highest BCUT2D eigenvalue weighted by molar-refractivity contribution is 7.17. The summed E-state index contributed by atoms with van der Waals surface area (Å²) in [6.45, 7) is 6.35. The third-order valence-corrected chi connectivity index (χ3v) is 6.42. The molecule has 0 radical (unpaired) electrons. The average molecular weight is 422 g/mol. The predicted molar refractivity (Wildman–Crippen MR) is 118 cm³/mol. The first kappa shape index (κ1) is 20.1. The van der Waals surface area contributed by atoms with Gasteiger partial charge in [-0.25, -0.2) is 0 Å². The topological polar surface area (TPSA) is 74.9 Å². The van der Waals surface area contributed by atoms with E-state index in [4.69, 9.17) is 4.42 Å². The number of hydrogen-bond donors (Lipinski definition) is 1. The highest BCUT2D eigenvalue weighted by atomic mass is 32.1. The molecule has 30 heavy (non-hydrogen) atoms. The lowest BCUT2D eigenvalue weighted by Crippen LogP contribution is -2.41. The quantitative estimate of drug-likeness (QED) is 0.681. The van der Waals surface area contributed by atoms with Crippen molar-refractivity contribution in [2.45, 2.75) is 27.3 Å². The van der Waals surface area contributed by atoms with Crippen LogP contribution in [0.2, 0.25) is 0 Å². The fraction of sp³-hybridized carbons (Fsp3) is 0.261. The van der Waals surface area contributed by atoms with Crippen LogP contribution in [0.3, 0.4) is 0 Å². The van der Waals surface area contributed by atoms with Gasteiger partial charge in [-0.1, -0.05) is 29.8 Å². The summed E-state index contributed by atoms with van der Waals surface area (Å²) < 4.78 is 5.25. The molecule has 0 saturated heterocycles. The lowest BCUT2D eigenvalue weighted by molar-refractivity contribution is -0.123. The van der Waals surface area contributed by atoms with Gasteiger partial charge in [0, 0.05) is 16.0 Å². The highest BCUT2D eigenvalue weighted by Gasteiger charge is 2.30. The van der Waals surface area contributed by atoms with Gasteiger partial charge in [0.1, 0.15) is 23.9 Å². The Balaban J connectivity index is 1.64. The van der Waals surface area contributed by atoms with Crippen LogP contribution in [-0.2, 0) is 16.1 Å². The van der Waals surface area contributed by atoms with Crippen molar-refractivity contribution in [1.29, 1.82) is 0 Å². The van der Waals surface area contributed by atoms with Gasteiger partial charge >= 0.3 is 0 Å². The van der Waals surface area contributed by atoms with Crippen molar-refractivity contribution in [2.24, 2.45) is 4.99 Å². The minimum atomic E-state index is -0.242. The maximum Gasteiger partial charge on any atom is 0.249 e. The SMILES string of the molecule is Cc1ccc(C2=NCC(=O)N(CC(=O)NCc3ccco3)c3sc(C)c(C)c32)cc1. The summed E-state index contributed by atoms with van der Waals surface area (Å²) in [6, 6.07) is 11.7. The molecule has 0 spiro atoms. The minimum Gasteiger partial charge on any atom is -0.467 e. The number of fused-ring (bicyclic) bond motifs is 1. The van der Waals surface area contributed by atoms with Crippen LogP contribution in [0.4, 0.5) is 5.00 Å². The normalized spacial score (nSPS) is 13.6. The lowest BCUT2D eigenvalue weighted by atomic mass is 9.99. The summed E-state index contributed by atoms with van der Waals surface area (Å²) in [4.78, 5) is 32.8. The fourth-order valence-electron chi connectivity index (χ4n) is 3.41. The number of rotatable bonds is 5. The number of thiophene rings is 1. The molecular formula is C23H23N3O3S. The van der Waals surface area contributed by atoms with Crippen molar-refractivity contribution in [2.75, 3.05) is 18.0 Å². The Hall–Kier alpha value is -3.19. The number of hydrogen-bond acceptors (Lipinski definition) is 5. The molecule has 0 saturated carbocycles. The van der Waals surface area contributed by atoms with Gasteiger partial charge in [-0.3, -0.25) is 19.5 Å². The number of carbonyl (C=O) groups is 2. The summed E-state index contributed by atoms with van der Waals surface area (Å²) in [6.07, 6.45) is 1.56. The molecule has 0 atom stereocenters. The summed E-state index contributed by atoms with van der Waals surface area (Å²) >= 11 is 1.53. The van der Waals surface area contributed by atoms with Gasteiger partial charge in [0.05, 0.1) is 18.5 Å². The molecule has 4 rings (SSSR count). The van der Waals surface area contributed by atoms with Crippen LogP contribution >= 0.6 is 11.3 Å². The van der Waals surface area contributed by atoms with E-state index in [1.54, 1.807) is 23.3 Å². The Bertz CT molecular complexity index is 1110. The molecule has 1 aromatic carbocycles. The summed E-state index contributed by atoms with van der Waals surface area (Å²) in [7, 11) is 0. The Morgan fingerprint density at radius 3 is 2.67 bits per heavy atom. The van der Waals surface area contributed by atoms with Crippen LogP contribution in [0.25, 0.3) is 0 Å². The van der Waals surface area contributed by atoms with E-state index >= 15 is 0 Å². The number of carbonyl (C=O) groups excluding carboxylic acids is 2. The Morgan fingerprint density at radius 1 is 1.20 bits per heavy atom. The van der Waals surface area contributed by atoms with Crippen molar-refractivity contribution >= 4 is 33.9 Å². The van der Waals surface area contributed by atoms with E-state index in [0.29, 0.717) is 5.76 Å². The van der Waals surface area contributed by atoms with Crippen molar-refractivity contribution < 1.29 is 14.0 Å². The molecule has 7 heteroatoms. The van der Waals surface area contributed by atoms with Crippen LogP contribution in [0.5, 0.6) is 0 Å². The predicted octanol–water partition coefficient (Wildman–Crippen LogP) is 3.77. The number of amides is 2. The zero-order valence-electron chi connectivity index (χ0n) is 17.2. The van der Waals surface area contributed by atoms with Crippen LogP contribution in [0, 0.1) is 20.8 Å². The number of nitrogens with zero attached hydrogens (tertiary/aromatic N) is 2. The van der Waals surface area contributed by atoms with Gasteiger partial charge in [0.25, 0.3) is 0 Å². The number of benzene rings is 1. The van der Waals surface area contributed by atoms with Crippen molar-refractivity contribution in [3.63, 3.8) is 0 Å². The molecule has 3 heterocycles. The Morgan fingerprint density at radius 2 is 1.97 bits per heavy atom. The number of furan rings is 1. The average Bonchev–Trinajstić information content (AvgIpc) is 3.32. The Kier molecular flexibility index (Phi) is 5.55.